The molecule has 1 aromatic carbocycles. The molecule has 8 heteroatoms. The minimum atomic E-state index is -3.22. The SMILES string of the molecule is CCNC(=NCc1cc(F)ccc1CS(C)(=O)=O)NCc1ncccc1C. The van der Waals surface area contributed by atoms with E-state index in [0.29, 0.717) is 30.2 Å². The van der Waals surface area contributed by atoms with Crippen molar-refractivity contribution in [2.75, 3.05) is 12.8 Å². The summed E-state index contributed by atoms with van der Waals surface area (Å²) >= 11 is 0. The molecule has 0 aliphatic rings. The van der Waals surface area contributed by atoms with Gasteiger partial charge in [-0.25, -0.2) is 17.8 Å². The number of aromatic nitrogens is 1. The molecule has 2 rings (SSSR count). The number of nitrogens with zero attached hydrogens (tertiary/aromatic N) is 2. The fourth-order valence-corrected chi connectivity index (χ4v) is 3.39. The molecule has 0 radical (unpaired) electrons. The van der Waals surface area contributed by atoms with Crippen molar-refractivity contribution >= 4 is 15.8 Å². The number of pyridine rings is 1. The summed E-state index contributed by atoms with van der Waals surface area (Å²) in [7, 11) is -3.22. The van der Waals surface area contributed by atoms with Crippen molar-refractivity contribution in [2.24, 2.45) is 4.99 Å². The van der Waals surface area contributed by atoms with Gasteiger partial charge in [0.25, 0.3) is 0 Å². The van der Waals surface area contributed by atoms with Crippen LogP contribution in [-0.2, 0) is 28.7 Å². The van der Waals surface area contributed by atoms with E-state index in [1.165, 1.54) is 18.2 Å². The Morgan fingerprint density at radius 2 is 2.00 bits per heavy atom. The van der Waals surface area contributed by atoms with Crippen LogP contribution in [0.4, 0.5) is 4.39 Å². The summed E-state index contributed by atoms with van der Waals surface area (Å²) in [6.45, 7) is 5.25. The maximum absolute atomic E-state index is 13.6. The van der Waals surface area contributed by atoms with Crippen LogP contribution in [0.2, 0.25) is 0 Å². The molecule has 0 aliphatic heterocycles. The number of sulfone groups is 1. The molecular weight excluding hydrogens is 367 g/mol. The van der Waals surface area contributed by atoms with Crippen molar-refractivity contribution in [3.05, 3.63) is 64.7 Å². The van der Waals surface area contributed by atoms with Crippen molar-refractivity contribution < 1.29 is 12.8 Å². The molecule has 0 bridgehead atoms. The van der Waals surface area contributed by atoms with Crippen LogP contribution in [0.1, 0.15) is 29.3 Å². The van der Waals surface area contributed by atoms with Crippen LogP contribution in [0.25, 0.3) is 0 Å². The van der Waals surface area contributed by atoms with Gasteiger partial charge in [0, 0.05) is 19.0 Å². The molecule has 1 aromatic heterocycles. The lowest BCUT2D eigenvalue weighted by Crippen LogP contribution is -2.37. The maximum Gasteiger partial charge on any atom is 0.191 e. The number of aryl methyl sites for hydroxylation is 1. The van der Waals surface area contributed by atoms with Crippen molar-refractivity contribution in [1.29, 1.82) is 0 Å². The van der Waals surface area contributed by atoms with Gasteiger partial charge in [0.05, 0.1) is 24.5 Å². The zero-order valence-electron chi connectivity index (χ0n) is 15.8. The number of aliphatic imine (C=N–C) groups is 1. The van der Waals surface area contributed by atoms with Crippen LogP contribution in [0.5, 0.6) is 0 Å². The lowest BCUT2D eigenvalue weighted by Gasteiger charge is -2.13. The average Bonchev–Trinajstić information content (AvgIpc) is 2.59. The van der Waals surface area contributed by atoms with Crippen molar-refractivity contribution in [1.82, 2.24) is 15.6 Å². The van der Waals surface area contributed by atoms with Gasteiger partial charge in [0.15, 0.2) is 15.8 Å². The quantitative estimate of drug-likeness (QED) is 0.558. The molecule has 2 aromatic rings. The molecule has 0 fully saturated rings. The largest absolute Gasteiger partial charge is 0.357 e. The number of hydrogen-bond donors (Lipinski definition) is 2. The summed E-state index contributed by atoms with van der Waals surface area (Å²) in [5.41, 5.74) is 3.08. The highest BCUT2D eigenvalue weighted by Gasteiger charge is 2.11. The number of rotatable bonds is 7. The first-order valence-corrected chi connectivity index (χ1v) is 10.7. The molecule has 1 heterocycles. The first-order valence-electron chi connectivity index (χ1n) is 8.66. The fourth-order valence-electron chi connectivity index (χ4n) is 2.54. The first-order chi connectivity index (χ1) is 12.8. The molecular formula is C19H25FN4O2S. The number of benzene rings is 1. The van der Waals surface area contributed by atoms with Crippen LogP contribution in [0.15, 0.2) is 41.5 Å². The van der Waals surface area contributed by atoms with Crippen molar-refractivity contribution in [3.63, 3.8) is 0 Å². The second-order valence-electron chi connectivity index (χ2n) is 6.30. The van der Waals surface area contributed by atoms with Gasteiger partial charge in [-0.2, -0.15) is 0 Å². The fraction of sp³-hybridized carbons (Fsp3) is 0.368. The zero-order valence-corrected chi connectivity index (χ0v) is 16.6. The third-order valence-electron chi connectivity index (χ3n) is 3.88. The van der Waals surface area contributed by atoms with Gasteiger partial charge in [0.1, 0.15) is 5.82 Å². The molecule has 0 saturated carbocycles. The third kappa shape index (κ3) is 6.97. The number of hydrogen-bond acceptors (Lipinski definition) is 4. The normalized spacial score (nSPS) is 12.1. The summed E-state index contributed by atoms with van der Waals surface area (Å²) in [5.74, 6) is -0.00784. The minimum Gasteiger partial charge on any atom is -0.357 e. The van der Waals surface area contributed by atoms with Crippen LogP contribution in [0, 0.1) is 12.7 Å². The van der Waals surface area contributed by atoms with Crippen LogP contribution in [-0.4, -0.2) is 32.2 Å². The second kappa shape index (κ2) is 9.45. The monoisotopic (exact) mass is 392 g/mol. The van der Waals surface area contributed by atoms with Gasteiger partial charge in [-0.1, -0.05) is 12.1 Å². The van der Waals surface area contributed by atoms with Gasteiger partial charge in [0.2, 0.25) is 0 Å². The first kappa shape index (κ1) is 20.8. The van der Waals surface area contributed by atoms with Gasteiger partial charge < -0.3 is 10.6 Å². The second-order valence-corrected chi connectivity index (χ2v) is 8.44. The van der Waals surface area contributed by atoms with E-state index >= 15 is 0 Å². The molecule has 0 saturated heterocycles. The molecule has 0 spiro atoms. The number of nitrogens with one attached hydrogen (secondary N) is 2. The van der Waals surface area contributed by atoms with Crippen LogP contribution in [0.3, 0.4) is 0 Å². The third-order valence-corrected chi connectivity index (χ3v) is 4.71. The van der Waals surface area contributed by atoms with E-state index in [2.05, 4.69) is 20.6 Å². The lowest BCUT2D eigenvalue weighted by molar-refractivity contribution is 0.600. The predicted octanol–water partition coefficient (Wildman–Crippen LogP) is 2.33. The molecule has 0 aliphatic carbocycles. The summed E-state index contributed by atoms with van der Waals surface area (Å²) < 4.78 is 36.8. The molecule has 0 unspecified atom stereocenters. The maximum atomic E-state index is 13.6. The van der Waals surface area contributed by atoms with Crippen LogP contribution < -0.4 is 10.6 Å². The van der Waals surface area contributed by atoms with Gasteiger partial charge in [-0.05, 0) is 48.7 Å². The van der Waals surface area contributed by atoms with Crippen molar-refractivity contribution in [3.8, 4) is 0 Å². The summed E-state index contributed by atoms with van der Waals surface area (Å²) in [4.78, 5) is 8.80. The Morgan fingerprint density at radius 1 is 1.22 bits per heavy atom. The highest BCUT2D eigenvalue weighted by atomic mass is 32.2. The Balaban J connectivity index is 2.16. The molecule has 27 heavy (non-hydrogen) atoms. The smallest absolute Gasteiger partial charge is 0.191 e. The van der Waals surface area contributed by atoms with Gasteiger partial charge >= 0.3 is 0 Å². The van der Waals surface area contributed by atoms with E-state index in [1.54, 1.807) is 6.20 Å². The van der Waals surface area contributed by atoms with Gasteiger partial charge in [-0.3, -0.25) is 4.98 Å². The molecule has 146 valence electrons. The standard InChI is InChI=1S/C19H25FN4O2S/c1-4-21-19(24-12-18-14(2)6-5-9-22-18)23-11-16-10-17(20)8-7-15(16)13-27(3,25)26/h5-10H,4,11-13H2,1-3H3,(H2,21,23,24). The molecule has 6 nitrogen and oxygen atoms in total. The highest BCUT2D eigenvalue weighted by molar-refractivity contribution is 7.89. The zero-order chi connectivity index (χ0) is 19.9. The lowest BCUT2D eigenvalue weighted by atomic mass is 10.1. The van der Waals surface area contributed by atoms with Gasteiger partial charge in [-0.15, -0.1) is 0 Å². The minimum absolute atomic E-state index is 0.144. The van der Waals surface area contributed by atoms with E-state index in [9.17, 15) is 12.8 Å². The summed E-state index contributed by atoms with van der Waals surface area (Å²) in [5, 5.41) is 6.32. The molecule has 0 amide bonds. The number of halogens is 1. The topological polar surface area (TPSA) is 83.5 Å². The Labute approximate surface area is 159 Å². The molecule has 0 atom stereocenters. The predicted molar refractivity (Wildman–Crippen MR) is 106 cm³/mol. The Hall–Kier alpha value is -2.48. The van der Waals surface area contributed by atoms with E-state index < -0.39 is 15.7 Å². The Morgan fingerprint density at radius 3 is 2.67 bits per heavy atom. The summed E-state index contributed by atoms with van der Waals surface area (Å²) in [6.07, 6.45) is 2.89. The van der Waals surface area contributed by atoms with E-state index in [-0.39, 0.29) is 12.3 Å². The van der Waals surface area contributed by atoms with Crippen LogP contribution >= 0.6 is 0 Å². The number of guanidine groups is 1. The van der Waals surface area contributed by atoms with Crippen molar-refractivity contribution in [2.45, 2.75) is 32.7 Å². The van der Waals surface area contributed by atoms with E-state index in [0.717, 1.165) is 17.5 Å². The van der Waals surface area contributed by atoms with E-state index in [1.807, 2.05) is 26.0 Å². The Kier molecular flexibility index (Phi) is 7.29. The molecule has 2 N–H and O–H groups in total. The average molecular weight is 393 g/mol. The summed E-state index contributed by atoms with van der Waals surface area (Å²) in [6, 6.07) is 7.96. The Bertz CT molecular complexity index is 914. The van der Waals surface area contributed by atoms with E-state index in [4.69, 9.17) is 0 Å². The highest BCUT2D eigenvalue weighted by Crippen LogP contribution is 2.15.